The second-order valence-electron chi connectivity index (χ2n) is 5.06. The lowest BCUT2D eigenvalue weighted by atomic mass is 9.68. The summed E-state index contributed by atoms with van der Waals surface area (Å²) in [5, 5.41) is 9.91. The van der Waals surface area contributed by atoms with E-state index < -0.39 is 0 Å². The number of para-hydroxylation sites is 1. The molecule has 2 bridgehead atoms. The summed E-state index contributed by atoms with van der Waals surface area (Å²) < 4.78 is 5.43. The smallest absolute Gasteiger partial charge is 0.126 e. The van der Waals surface area contributed by atoms with Crippen molar-refractivity contribution >= 4 is 5.57 Å². The molecule has 90 valence electrons. The van der Waals surface area contributed by atoms with Crippen molar-refractivity contribution in [3.63, 3.8) is 0 Å². The number of fused-ring (bicyclic) bond motifs is 2. The zero-order valence-corrected chi connectivity index (χ0v) is 10.1. The average molecular weight is 230 g/mol. The third kappa shape index (κ3) is 1.77. The molecule has 0 heterocycles. The van der Waals surface area contributed by atoms with Crippen LogP contribution in [0.15, 0.2) is 30.3 Å². The standard InChI is InChI=1S/C15H18O2/c1-17-15-5-3-2-4-12(15)13-8-11-7-6-10(13)9-14(11)16/h2-5,8,10-11,14,16H,6-7,9H2,1H3. The first-order valence-corrected chi connectivity index (χ1v) is 6.32. The van der Waals surface area contributed by atoms with E-state index in [1.807, 2.05) is 12.1 Å². The van der Waals surface area contributed by atoms with Crippen LogP contribution in [0.4, 0.5) is 0 Å². The van der Waals surface area contributed by atoms with Gasteiger partial charge in [0, 0.05) is 11.5 Å². The molecule has 1 N–H and O–H groups in total. The SMILES string of the molecule is COc1ccccc1C1=CC2CCC1CC2O. The molecule has 2 heteroatoms. The summed E-state index contributed by atoms with van der Waals surface area (Å²) in [4.78, 5) is 0. The van der Waals surface area contributed by atoms with Gasteiger partial charge in [0.25, 0.3) is 0 Å². The van der Waals surface area contributed by atoms with Gasteiger partial charge in [0.05, 0.1) is 13.2 Å². The maximum atomic E-state index is 9.91. The van der Waals surface area contributed by atoms with Gasteiger partial charge in [-0.25, -0.2) is 0 Å². The molecule has 17 heavy (non-hydrogen) atoms. The maximum absolute atomic E-state index is 9.91. The molecule has 3 aliphatic carbocycles. The molecule has 1 saturated carbocycles. The lowest BCUT2D eigenvalue weighted by molar-refractivity contribution is 0.0702. The summed E-state index contributed by atoms with van der Waals surface area (Å²) in [6.45, 7) is 0. The highest BCUT2D eigenvalue weighted by atomic mass is 16.5. The molecule has 1 aromatic rings. The van der Waals surface area contributed by atoms with Crippen LogP contribution in [0.25, 0.3) is 5.57 Å². The number of aliphatic hydroxyl groups is 1. The number of allylic oxidation sites excluding steroid dienone is 1. The van der Waals surface area contributed by atoms with Crippen molar-refractivity contribution in [3.05, 3.63) is 35.9 Å². The third-order valence-corrected chi connectivity index (χ3v) is 4.12. The molecule has 1 aromatic carbocycles. The Morgan fingerprint density at radius 2 is 2.06 bits per heavy atom. The molecule has 0 amide bonds. The van der Waals surface area contributed by atoms with Gasteiger partial charge in [0.1, 0.15) is 5.75 Å². The van der Waals surface area contributed by atoms with Gasteiger partial charge in [0.2, 0.25) is 0 Å². The van der Waals surface area contributed by atoms with Crippen molar-refractivity contribution in [2.45, 2.75) is 25.4 Å². The summed E-state index contributed by atoms with van der Waals surface area (Å²) >= 11 is 0. The molecule has 3 atom stereocenters. The first-order chi connectivity index (χ1) is 8.29. The number of hydrogen-bond acceptors (Lipinski definition) is 2. The van der Waals surface area contributed by atoms with Gasteiger partial charge in [-0.3, -0.25) is 0 Å². The lowest BCUT2D eigenvalue weighted by Gasteiger charge is -2.39. The topological polar surface area (TPSA) is 29.5 Å². The van der Waals surface area contributed by atoms with E-state index in [1.54, 1.807) is 7.11 Å². The largest absolute Gasteiger partial charge is 0.496 e. The number of rotatable bonds is 2. The Morgan fingerprint density at radius 1 is 1.24 bits per heavy atom. The summed E-state index contributed by atoms with van der Waals surface area (Å²) in [6, 6.07) is 8.18. The van der Waals surface area contributed by atoms with Crippen LogP contribution in [-0.2, 0) is 0 Å². The van der Waals surface area contributed by atoms with Crippen molar-refractivity contribution < 1.29 is 9.84 Å². The van der Waals surface area contributed by atoms with E-state index in [9.17, 15) is 5.11 Å². The minimum atomic E-state index is -0.132. The fourth-order valence-corrected chi connectivity index (χ4v) is 3.21. The monoisotopic (exact) mass is 230 g/mol. The van der Waals surface area contributed by atoms with E-state index in [0.29, 0.717) is 11.8 Å². The molecular weight excluding hydrogens is 212 g/mol. The summed E-state index contributed by atoms with van der Waals surface area (Å²) in [5.41, 5.74) is 2.58. The van der Waals surface area contributed by atoms with Crippen LogP contribution in [0, 0.1) is 11.8 Å². The molecule has 2 nitrogen and oxygen atoms in total. The van der Waals surface area contributed by atoms with Crippen LogP contribution in [-0.4, -0.2) is 18.3 Å². The van der Waals surface area contributed by atoms with Gasteiger partial charge < -0.3 is 9.84 Å². The predicted molar refractivity (Wildman–Crippen MR) is 67.8 cm³/mol. The van der Waals surface area contributed by atoms with Crippen LogP contribution in [0.5, 0.6) is 5.75 Å². The van der Waals surface area contributed by atoms with E-state index in [0.717, 1.165) is 18.6 Å². The second kappa shape index (κ2) is 4.19. The van der Waals surface area contributed by atoms with Crippen LogP contribution in [0.3, 0.4) is 0 Å². The normalized spacial score (nSPS) is 31.2. The van der Waals surface area contributed by atoms with E-state index in [2.05, 4.69) is 18.2 Å². The van der Waals surface area contributed by atoms with Gasteiger partial charge in [-0.05, 0) is 36.8 Å². The molecule has 4 rings (SSSR count). The molecule has 3 unspecified atom stereocenters. The van der Waals surface area contributed by atoms with E-state index >= 15 is 0 Å². The van der Waals surface area contributed by atoms with Crippen LogP contribution >= 0.6 is 0 Å². The molecule has 0 saturated heterocycles. The lowest BCUT2D eigenvalue weighted by Crippen LogP contribution is -2.33. The fraction of sp³-hybridized carbons (Fsp3) is 0.467. The van der Waals surface area contributed by atoms with Crippen LogP contribution in [0.2, 0.25) is 0 Å². The summed E-state index contributed by atoms with van der Waals surface area (Å²) in [5.74, 6) is 1.80. The summed E-state index contributed by atoms with van der Waals surface area (Å²) in [6.07, 6.45) is 5.37. The Balaban J connectivity index is 2.02. The second-order valence-corrected chi connectivity index (χ2v) is 5.06. The molecule has 0 radical (unpaired) electrons. The van der Waals surface area contributed by atoms with E-state index in [-0.39, 0.29) is 6.10 Å². The number of hydrogen-bond donors (Lipinski definition) is 1. The van der Waals surface area contributed by atoms with Crippen molar-refractivity contribution in [2.75, 3.05) is 7.11 Å². The van der Waals surface area contributed by atoms with Crippen LogP contribution in [0.1, 0.15) is 24.8 Å². The van der Waals surface area contributed by atoms with Crippen molar-refractivity contribution in [3.8, 4) is 5.75 Å². The van der Waals surface area contributed by atoms with Crippen molar-refractivity contribution in [1.29, 1.82) is 0 Å². The molecule has 3 aliphatic rings. The predicted octanol–water partition coefficient (Wildman–Crippen LogP) is 2.87. The Bertz CT molecular complexity index is 450. The van der Waals surface area contributed by atoms with Crippen molar-refractivity contribution in [1.82, 2.24) is 0 Å². The number of ether oxygens (including phenoxy) is 1. The van der Waals surface area contributed by atoms with Gasteiger partial charge in [-0.1, -0.05) is 24.3 Å². The molecular formula is C15H18O2. The van der Waals surface area contributed by atoms with Gasteiger partial charge in [-0.2, -0.15) is 0 Å². The van der Waals surface area contributed by atoms with Gasteiger partial charge >= 0.3 is 0 Å². The highest BCUT2D eigenvalue weighted by Gasteiger charge is 2.36. The first-order valence-electron chi connectivity index (χ1n) is 6.32. The Kier molecular flexibility index (Phi) is 2.67. The maximum Gasteiger partial charge on any atom is 0.126 e. The third-order valence-electron chi connectivity index (χ3n) is 4.12. The molecule has 0 aromatic heterocycles. The van der Waals surface area contributed by atoms with Gasteiger partial charge in [0.15, 0.2) is 0 Å². The zero-order valence-electron chi connectivity index (χ0n) is 10.1. The molecule has 1 fully saturated rings. The van der Waals surface area contributed by atoms with Crippen molar-refractivity contribution in [2.24, 2.45) is 11.8 Å². The minimum absolute atomic E-state index is 0.132. The first kappa shape index (κ1) is 10.8. The zero-order chi connectivity index (χ0) is 11.8. The summed E-state index contributed by atoms with van der Waals surface area (Å²) in [7, 11) is 1.72. The number of methoxy groups -OCH3 is 1. The van der Waals surface area contributed by atoms with E-state index in [4.69, 9.17) is 4.74 Å². The molecule has 0 spiro atoms. The minimum Gasteiger partial charge on any atom is -0.496 e. The highest BCUT2D eigenvalue weighted by molar-refractivity contribution is 5.73. The highest BCUT2D eigenvalue weighted by Crippen LogP contribution is 2.46. The quantitative estimate of drug-likeness (QED) is 0.846. The number of aliphatic hydroxyl groups excluding tert-OH is 1. The van der Waals surface area contributed by atoms with Gasteiger partial charge in [-0.15, -0.1) is 0 Å². The average Bonchev–Trinajstić information content (AvgIpc) is 2.39. The Morgan fingerprint density at radius 3 is 2.71 bits per heavy atom. The fourth-order valence-electron chi connectivity index (χ4n) is 3.21. The Hall–Kier alpha value is -1.28. The van der Waals surface area contributed by atoms with Crippen LogP contribution < -0.4 is 4.74 Å². The van der Waals surface area contributed by atoms with E-state index in [1.165, 1.54) is 17.6 Å². The Labute approximate surface area is 102 Å². The number of benzene rings is 1. The molecule has 0 aliphatic heterocycles.